The van der Waals surface area contributed by atoms with Gasteiger partial charge in [-0.05, 0) is 61.4 Å². The van der Waals surface area contributed by atoms with E-state index < -0.39 is 0 Å². The molecule has 6 heteroatoms. The van der Waals surface area contributed by atoms with Crippen LogP contribution >= 0.6 is 0 Å². The zero-order valence-electron chi connectivity index (χ0n) is 17.7. The molecule has 0 spiro atoms. The molecular weight excluding hydrogens is 393 g/mol. The molecule has 2 atom stereocenters. The third-order valence-electron chi connectivity index (χ3n) is 6.02. The molecule has 0 saturated heterocycles. The van der Waals surface area contributed by atoms with E-state index in [4.69, 9.17) is 0 Å². The van der Waals surface area contributed by atoms with Gasteiger partial charge in [-0.15, -0.1) is 0 Å². The molecule has 4 rings (SSSR count). The number of halogens is 1. The lowest BCUT2D eigenvalue weighted by Gasteiger charge is -2.24. The lowest BCUT2D eigenvalue weighted by atomic mass is 9.93. The molecule has 2 aliphatic rings. The van der Waals surface area contributed by atoms with E-state index in [9.17, 15) is 14.3 Å². The summed E-state index contributed by atoms with van der Waals surface area (Å²) in [6.07, 6.45) is 14.3. The second-order valence-corrected chi connectivity index (χ2v) is 8.21. The second kappa shape index (κ2) is 9.43. The van der Waals surface area contributed by atoms with Gasteiger partial charge in [-0.3, -0.25) is 9.48 Å². The standard InChI is InChI=1S/C25H28FN3O2/c1-29-24-19(14-17-8-7-12-20(26)15-17)11-5-6-13-21(24)23(28-29)25(31)27-22(16-30)18-9-3-2-4-10-18/h2-4,7-9,12,14-15,18,22,30H,5-6,10-11,13,16H2,1H3,(H,27,31)/b19-14+/t18?,22-/m0/s1. The number of benzene rings is 1. The van der Waals surface area contributed by atoms with Crippen LogP contribution in [-0.2, 0) is 13.5 Å². The Morgan fingerprint density at radius 2 is 2.19 bits per heavy atom. The largest absolute Gasteiger partial charge is 0.394 e. The molecule has 1 heterocycles. The first-order valence-electron chi connectivity index (χ1n) is 10.8. The number of aromatic nitrogens is 2. The average Bonchev–Trinajstić information content (AvgIpc) is 2.96. The lowest BCUT2D eigenvalue weighted by molar-refractivity contribution is 0.0892. The number of rotatable bonds is 5. The first-order valence-corrected chi connectivity index (χ1v) is 10.8. The molecule has 5 nitrogen and oxygen atoms in total. The number of carbonyl (C=O) groups is 1. The fourth-order valence-corrected chi connectivity index (χ4v) is 4.49. The molecule has 1 aromatic carbocycles. The normalized spacial score (nSPS) is 20.4. The Hall–Kier alpha value is -2.99. The molecule has 0 bridgehead atoms. The van der Waals surface area contributed by atoms with E-state index in [0.29, 0.717) is 5.69 Å². The van der Waals surface area contributed by atoms with Crippen molar-refractivity contribution in [3.05, 3.63) is 76.9 Å². The molecule has 162 valence electrons. The smallest absolute Gasteiger partial charge is 0.272 e. The fraction of sp³-hybridized carbons (Fsp3) is 0.360. The van der Waals surface area contributed by atoms with Gasteiger partial charge in [0.25, 0.3) is 5.91 Å². The molecule has 0 aliphatic heterocycles. The van der Waals surface area contributed by atoms with Crippen molar-refractivity contribution in [2.45, 2.75) is 38.1 Å². The SMILES string of the molecule is Cn1nc(C(=O)N[C@@H](CO)C2C=CC=CC2)c2c1/C(=C/c1cccc(F)c1)CCCC2. The van der Waals surface area contributed by atoms with Crippen LogP contribution in [0, 0.1) is 11.7 Å². The van der Waals surface area contributed by atoms with Crippen molar-refractivity contribution in [2.24, 2.45) is 13.0 Å². The number of aryl methyl sites for hydroxylation is 1. The minimum atomic E-state index is -0.362. The predicted octanol–water partition coefficient (Wildman–Crippen LogP) is 4.05. The molecule has 0 saturated carbocycles. The van der Waals surface area contributed by atoms with Crippen LogP contribution in [0.1, 0.15) is 53.0 Å². The number of hydrogen-bond donors (Lipinski definition) is 2. The first kappa shape index (κ1) is 21.2. The van der Waals surface area contributed by atoms with E-state index in [1.54, 1.807) is 10.7 Å². The van der Waals surface area contributed by atoms with Gasteiger partial charge >= 0.3 is 0 Å². The number of amides is 1. The molecule has 2 aliphatic carbocycles. The van der Waals surface area contributed by atoms with E-state index in [1.807, 2.05) is 43.5 Å². The summed E-state index contributed by atoms with van der Waals surface area (Å²) >= 11 is 0. The molecule has 2 N–H and O–H groups in total. The van der Waals surface area contributed by atoms with Gasteiger partial charge in [-0.2, -0.15) is 5.10 Å². The second-order valence-electron chi connectivity index (χ2n) is 8.21. The lowest BCUT2D eigenvalue weighted by Crippen LogP contribution is -2.43. The highest BCUT2D eigenvalue weighted by atomic mass is 19.1. The number of aliphatic hydroxyl groups is 1. The van der Waals surface area contributed by atoms with Gasteiger partial charge in [0.2, 0.25) is 0 Å². The van der Waals surface area contributed by atoms with Gasteiger partial charge in [0.15, 0.2) is 5.69 Å². The third-order valence-corrected chi connectivity index (χ3v) is 6.02. The van der Waals surface area contributed by atoms with Crippen LogP contribution in [0.15, 0.2) is 48.6 Å². The van der Waals surface area contributed by atoms with Crippen LogP contribution < -0.4 is 5.32 Å². The number of fused-ring (bicyclic) bond motifs is 1. The van der Waals surface area contributed by atoms with Crippen molar-refractivity contribution in [2.75, 3.05) is 6.61 Å². The summed E-state index contributed by atoms with van der Waals surface area (Å²) in [5.41, 5.74) is 4.14. The summed E-state index contributed by atoms with van der Waals surface area (Å²) in [6, 6.07) is 6.16. The fourth-order valence-electron chi connectivity index (χ4n) is 4.49. The maximum atomic E-state index is 13.7. The quantitative estimate of drug-likeness (QED) is 0.716. The average molecular weight is 422 g/mol. The van der Waals surface area contributed by atoms with Crippen molar-refractivity contribution in [1.82, 2.24) is 15.1 Å². The van der Waals surface area contributed by atoms with Crippen LogP contribution in [0.4, 0.5) is 4.39 Å². The van der Waals surface area contributed by atoms with Crippen molar-refractivity contribution < 1.29 is 14.3 Å². The molecule has 1 aromatic heterocycles. The van der Waals surface area contributed by atoms with Crippen LogP contribution in [0.3, 0.4) is 0 Å². The number of allylic oxidation sites excluding steroid dienone is 4. The maximum absolute atomic E-state index is 13.7. The Morgan fingerprint density at radius 3 is 2.94 bits per heavy atom. The van der Waals surface area contributed by atoms with Crippen molar-refractivity contribution in [3.8, 4) is 0 Å². The summed E-state index contributed by atoms with van der Waals surface area (Å²) in [4.78, 5) is 13.2. The molecule has 1 amide bonds. The summed E-state index contributed by atoms with van der Waals surface area (Å²) in [5, 5.41) is 17.4. The molecular formula is C25H28FN3O2. The molecule has 31 heavy (non-hydrogen) atoms. The van der Waals surface area contributed by atoms with Crippen molar-refractivity contribution in [1.29, 1.82) is 0 Å². The molecule has 1 unspecified atom stereocenters. The van der Waals surface area contributed by atoms with E-state index in [1.165, 1.54) is 12.1 Å². The molecule has 0 fully saturated rings. The third kappa shape index (κ3) is 4.69. The van der Waals surface area contributed by atoms with Gasteiger partial charge in [-0.1, -0.05) is 36.4 Å². The van der Waals surface area contributed by atoms with E-state index >= 15 is 0 Å². The minimum Gasteiger partial charge on any atom is -0.394 e. The highest BCUT2D eigenvalue weighted by Gasteiger charge is 2.28. The van der Waals surface area contributed by atoms with E-state index in [2.05, 4.69) is 10.4 Å². The van der Waals surface area contributed by atoms with E-state index in [0.717, 1.165) is 54.5 Å². The predicted molar refractivity (Wildman–Crippen MR) is 120 cm³/mol. The van der Waals surface area contributed by atoms with Crippen molar-refractivity contribution in [3.63, 3.8) is 0 Å². The van der Waals surface area contributed by atoms with Gasteiger partial charge in [0.05, 0.1) is 18.3 Å². The van der Waals surface area contributed by atoms with E-state index in [-0.39, 0.29) is 30.3 Å². The summed E-state index contributed by atoms with van der Waals surface area (Å²) in [5.74, 6) is -0.467. The number of aliphatic hydroxyl groups excluding tert-OH is 1. The zero-order valence-corrected chi connectivity index (χ0v) is 17.7. The first-order chi connectivity index (χ1) is 15.1. The Labute approximate surface area is 182 Å². The summed E-state index contributed by atoms with van der Waals surface area (Å²) < 4.78 is 15.4. The highest BCUT2D eigenvalue weighted by molar-refractivity contribution is 5.96. The Bertz CT molecular complexity index is 1050. The number of nitrogens with zero attached hydrogens (tertiary/aromatic N) is 2. The summed E-state index contributed by atoms with van der Waals surface area (Å²) in [7, 11) is 1.85. The molecule has 2 aromatic rings. The Kier molecular flexibility index (Phi) is 6.47. The van der Waals surface area contributed by atoms with Crippen molar-refractivity contribution >= 4 is 17.6 Å². The van der Waals surface area contributed by atoms with Gasteiger partial charge < -0.3 is 10.4 Å². The van der Waals surface area contributed by atoms with Crippen LogP contribution in [-0.4, -0.2) is 33.4 Å². The van der Waals surface area contributed by atoms with Gasteiger partial charge in [0.1, 0.15) is 5.82 Å². The zero-order chi connectivity index (χ0) is 21.8. The topological polar surface area (TPSA) is 67.2 Å². The minimum absolute atomic E-state index is 0.0599. The number of carbonyl (C=O) groups excluding carboxylic acids is 1. The number of hydrogen-bond acceptors (Lipinski definition) is 3. The van der Waals surface area contributed by atoms with Crippen LogP contribution in [0.2, 0.25) is 0 Å². The van der Waals surface area contributed by atoms with Crippen LogP contribution in [0.5, 0.6) is 0 Å². The van der Waals surface area contributed by atoms with Gasteiger partial charge in [0, 0.05) is 18.5 Å². The Balaban J connectivity index is 1.64. The molecule has 0 radical (unpaired) electrons. The maximum Gasteiger partial charge on any atom is 0.272 e. The van der Waals surface area contributed by atoms with Gasteiger partial charge in [-0.25, -0.2) is 4.39 Å². The summed E-state index contributed by atoms with van der Waals surface area (Å²) in [6.45, 7) is -0.131. The Morgan fingerprint density at radius 1 is 1.35 bits per heavy atom. The monoisotopic (exact) mass is 421 g/mol. The van der Waals surface area contributed by atoms with Crippen LogP contribution in [0.25, 0.3) is 11.6 Å². The highest BCUT2D eigenvalue weighted by Crippen LogP contribution is 2.33. The number of nitrogens with one attached hydrogen (secondary N) is 1.